The molecule has 1 heterocycles. The zero-order valence-corrected chi connectivity index (χ0v) is 14.5. The van der Waals surface area contributed by atoms with E-state index in [0.29, 0.717) is 18.0 Å². The van der Waals surface area contributed by atoms with Gasteiger partial charge in [0.05, 0.1) is 12.7 Å². The summed E-state index contributed by atoms with van der Waals surface area (Å²) in [5.74, 6) is 2.12. The first kappa shape index (κ1) is 17.8. The number of rotatable bonds is 8. The lowest BCUT2D eigenvalue weighted by atomic mass is 10.1. The maximum absolute atomic E-state index is 12.2. The van der Waals surface area contributed by atoms with E-state index in [4.69, 9.17) is 4.74 Å². The first-order valence-electron chi connectivity index (χ1n) is 8.19. The van der Waals surface area contributed by atoms with Crippen LogP contribution in [0.15, 0.2) is 42.6 Å². The SMILES string of the molecule is COc1ccc(CNC(=O)c2ccc(NCCC(C)C)nc2)cc1. The highest BCUT2D eigenvalue weighted by atomic mass is 16.5. The fourth-order valence-corrected chi connectivity index (χ4v) is 2.15. The molecule has 5 heteroatoms. The highest BCUT2D eigenvalue weighted by molar-refractivity contribution is 5.94. The Hall–Kier alpha value is -2.56. The van der Waals surface area contributed by atoms with Gasteiger partial charge in [-0.3, -0.25) is 4.79 Å². The molecule has 0 bridgehead atoms. The molecule has 0 saturated carbocycles. The van der Waals surface area contributed by atoms with Gasteiger partial charge in [0.15, 0.2) is 0 Å². The Labute approximate surface area is 143 Å². The van der Waals surface area contributed by atoms with Crippen LogP contribution in [0, 0.1) is 5.92 Å². The van der Waals surface area contributed by atoms with Crippen molar-refractivity contribution in [3.8, 4) is 5.75 Å². The van der Waals surface area contributed by atoms with Crippen molar-refractivity contribution in [2.75, 3.05) is 19.0 Å². The van der Waals surface area contributed by atoms with E-state index in [0.717, 1.165) is 30.1 Å². The van der Waals surface area contributed by atoms with Gasteiger partial charge in [-0.1, -0.05) is 26.0 Å². The molecule has 0 radical (unpaired) electrons. The third-order valence-electron chi connectivity index (χ3n) is 3.67. The van der Waals surface area contributed by atoms with E-state index in [-0.39, 0.29) is 5.91 Å². The molecular formula is C19H25N3O2. The smallest absolute Gasteiger partial charge is 0.253 e. The summed E-state index contributed by atoms with van der Waals surface area (Å²) in [4.78, 5) is 16.4. The average molecular weight is 327 g/mol. The topological polar surface area (TPSA) is 63.2 Å². The molecule has 2 rings (SSSR count). The minimum atomic E-state index is -0.132. The molecule has 0 fully saturated rings. The number of aromatic nitrogens is 1. The molecule has 0 aliphatic heterocycles. The molecule has 2 N–H and O–H groups in total. The Morgan fingerprint density at radius 1 is 1.17 bits per heavy atom. The van der Waals surface area contributed by atoms with Gasteiger partial charge in [-0.2, -0.15) is 0 Å². The summed E-state index contributed by atoms with van der Waals surface area (Å²) in [5.41, 5.74) is 1.57. The molecule has 0 unspecified atom stereocenters. The summed E-state index contributed by atoms with van der Waals surface area (Å²) in [5, 5.41) is 6.15. The highest BCUT2D eigenvalue weighted by Gasteiger charge is 2.06. The van der Waals surface area contributed by atoms with Gasteiger partial charge in [0.25, 0.3) is 5.91 Å². The normalized spacial score (nSPS) is 10.5. The number of nitrogens with one attached hydrogen (secondary N) is 2. The molecule has 24 heavy (non-hydrogen) atoms. The standard InChI is InChI=1S/C19H25N3O2/c1-14(2)10-11-20-18-9-6-16(13-21-18)19(23)22-12-15-4-7-17(24-3)8-5-15/h4-9,13-14H,10-12H2,1-3H3,(H,20,21)(H,22,23). The third-order valence-corrected chi connectivity index (χ3v) is 3.67. The van der Waals surface area contributed by atoms with Gasteiger partial charge in [0.1, 0.15) is 11.6 Å². The van der Waals surface area contributed by atoms with Gasteiger partial charge in [-0.25, -0.2) is 4.98 Å². The van der Waals surface area contributed by atoms with Gasteiger partial charge >= 0.3 is 0 Å². The lowest BCUT2D eigenvalue weighted by Crippen LogP contribution is -2.23. The van der Waals surface area contributed by atoms with Crippen LogP contribution in [-0.2, 0) is 6.54 Å². The monoisotopic (exact) mass is 327 g/mol. The molecule has 0 atom stereocenters. The zero-order chi connectivity index (χ0) is 17.4. The predicted octanol–water partition coefficient (Wildman–Crippen LogP) is 3.48. The number of hydrogen-bond acceptors (Lipinski definition) is 4. The Balaban J connectivity index is 1.83. The molecule has 0 saturated heterocycles. The molecule has 2 aromatic rings. The number of methoxy groups -OCH3 is 1. The van der Waals surface area contributed by atoms with E-state index >= 15 is 0 Å². The van der Waals surface area contributed by atoms with Crippen LogP contribution in [0.4, 0.5) is 5.82 Å². The second kappa shape index (κ2) is 8.91. The van der Waals surface area contributed by atoms with Gasteiger partial charge in [-0.15, -0.1) is 0 Å². The van der Waals surface area contributed by atoms with Gasteiger partial charge in [0, 0.05) is 19.3 Å². The summed E-state index contributed by atoms with van der Waals surface area (Å²) in [6, 6.07) is 11.2. The van der Waals surface area contributed by atoms with E-state index in [1.807, 2.05) is 30.3 Å². The highest BCUT2D eigenvalue weighted by Crippen LogP contribution is 2.11. The van der Waals surface area contributed by atoms with Crippen LogP contribution in [0.2, 0.25) is 0 Å². The van der Waals surface area contributed by atoms with Gasteiger partial charge in [-0.05, 0) is 42.2 Å². The fraction of sp³-hybridized carbons (Fsp3) is 0.368. The van der Waals surface area contributed by atoms with Crippen molar-refractivity contribution in [2.24, 2.45) is 5.92 Å². The number of nitrogens with zero attached hydrogens (tertiary/aromatic N) is 1. The third kappa shape index (κ3) is 5.57. The Morgan fingerprint density at radius 2 is 1.92 bits per heavy atom. The molecule has 0 aliphatic carbocycles. The lowest BCUT2D eigenvalue weighted by molar-refractivity contribution is 0.0950. The minimum absolute atomic E-state index is 0.132. The fourth-order valence-electron chi connectivity index (χ4n) is 2.15. The van der Waals surface area contributed by atoms with Crippen molar-refractivity contribution in [2.45, 2.75) is 26.8 Å². The quantitative estimate of drug-likeness (QED) is 0.779. The van der Waals surface area contributed by atoms with Crippen molar-refractivity contribution in [3.63, 3.8) is 0 Å². The summed E-state index contributed by atoms with van der Waals surface area (Å²) in [6.07, 6.45) is 2.69. The number of carbonyl (C=O) groups excluding carboxylic acids is 1. The number of pyridine rings is 1. The van der Waals surface area contributed by atoms with E-state index < -0.39 is 0 Å². The predicted molar refractivity (Wildman–Crippen MR) is 96.3 cm³/mol. The molecule has 128 valence electrons. The summed E-state index contributed by atoms with van der Waals surface area (Å²) >= 11 is 0. The molecule has 0 spiro atoms. The Bertz CT molecular complexity index is 637. The summed E-state index contributed by atoms with van der Waals surface area (Å²) in [7, 11) is 1.63. The Kier molecular flexibility index (Phi) is 6.61. The number of ether oxygens (including phenoxy) is 1. The summed E-state index contributed by atoms with van der Waals surface area (Å²) in [6.45, 7) is 5.72. The van der Waals surface area contributed by atoms with Crippen molar-refractivity contribution in [3.05, 3.63) is 53.7 Å². The van der Waals surface area contributed by atoms with Crippen LogP contribution in [-0.4, -0.2) is 24.5 Å². The largest absolute Gasteiger partial charge is 0.497 e. The maximum Gasteiger partial charge on any atom is 0.253 e. The van der Waals surface area contributed by atoms with Crippen LogP contribution >= 0.6 is 0 Å². The molecular weight excluding hydrogens is 302 g/mol. The number of amides is 1. The molecule has 1 aromatic heterocycles. The average Bonchev–Trinajstić information content (AvgIpc) is 2.60. The van der Waals surface area contributed by atoms with Crippen LogP contribution < -0.4 is 15.4 Å². The number of carbonyl (C=O) groups is 1. The second-order valence-corrected chi connectivity index (χ2v) is 6.07. The number of benzene rings is 1. The maximum atomic E-state index is 12.2. The first-order chi connectivity index (χ1) is 11.6. The van der Waals surface area contributed by atoms with Crippen molar-refractivity contribution < 1.29 is 9.53 Å². The van der Waals surface area contributed by atoms with Gasteiger partial charge in [0.2, 0.25) is 0 Å². The van der Waals surface area contributed by atoms with Crippen LogP contribution in [0.3, 0.4) is 0 Å². The Morgan fingerprint density at radius 3 is 2.50 bits per heavy atom. The van der Waals surface area contributed by atoms with E-state index in [9.17, 15) is 4.79 Å². The minimum Gasteiger partial charge on any atom is -0.497 e. The molecule has 1 aromatic carbocycles. The van der Waals surface area contributed by atoms with E-state index in [2.05, 4.69) is 29.5 Å². The van der Waals surface area contributed by atoms with Crippen LogP contribution in [0.1, 0.15) is 36.2 Å². The van der Waals surface area contributed by atoms with Crippen LogP contribution in [0.25, 0.3) is 0 Å². The van der Waals surface area contributed by atoms with Gasteiger partial charge < -0.3 is 15.4 Å². The van der Waals surface area contributed by atoms with Crippen molar-refractivity contribution in [1.29, 1.82) is 0 Å². The van der Waals surface area contributed by atoms with Crippen molar-refractivity contribution in [1.82, 2.24) is 10.3 Å². The van der Waals surface area contributed by atoms with Crippen LogP contribution in [0.5, 0.6) is 5.75 Å². The molecule has 0 aliphatic rings. The van der Waals surface area contributed by atoms with E-state index in [1.165, 1.54) is 0 Å². The second-order valence-electron chi connectivity index (χ2n) is 6.07. The first-order valence-corrected chi connectivity index (χ1v) is 8.19. The number of hydrogen-bond donors (Lipinski definition) is 2. The molecule has 1 amide bonds. The zero-order valence-electron chi connectivity index (χ0n) is 14.5. The molecule has 5 nitrogen and oxygen atoms in total. The van der Waals surface area contributed by atoms with Crippen molar-refractivity contribution >= 4 is 11.7 Å². The summed E-state index contributed by atoms with van der Waals surface area (Å²) < 4.78 is 5.11. The van der Waals surface area contributed by atoms with E-state index in [1.54, 1.807) is 19.4 Å². The number of anilines is 1. The lowest BCUT2D eigenvalue weighted by Gasteiger charge is -2.09.